The lowest BCUT2D eigenvalue weighted by Crippen LogP contribution is -2.47. The maximum Gasteiger partial charge on any atom is 0.253 e. The molecule has 0 aliphatic carbocycles. The molecule has 2 N–H and O–H groups in total. The molecule has 0 radical (unpaired) electrons. The Morgan fingerprint density at radius 1 is 1.61 bits per heavy atom. The third-order valence-electron chi connectivity index (χ3n) is 2.52. The number of thiophene rings is 1. The van der Waals surface area contributed by atoms with Gasteiger partial charge in [-0.05, 0) is 27.4 Å². The van der Waals surface area contributed by atoms with E-state index >= 15 is 0 Å². The summed E-state index contributed by atoms with van der Waals surface area (Å²) in [7, 11) is -3.42. The van der Waals surface area contributed by atoms with Crippen molar-refractivity contribution in [1.29, 1.82) is 0 Å². The number of nitrogens with two attached hydrogens (primary N) is 1. The number of ether oxygens (including phenoxy) is 1. The molecule has 1 saturated heterocycles. The van der Waals surface area contributed by atoms with Crippen molar-refractivity contribution in [3.8, 4) is 0 Å². The maximum absolute atomic E-state index is 12.3. The van der Waals surface area contributed by atoms with Crippen LogP contribution in [0.15, 0.2) is 20.1 Å². The van der Waals surface area contributed by atoms with Gasteiger partial charge in [0.25, 0.3) is 10.0 Å². The van der Waals surface area contributed by atoms with Crippen LogP contribution in [0, 0.1) is 0 Å². The Balaban J connectivity index is 0.00000162. The lowest BCUT2D eigenvalue weighted by Gasteiger charge is -2.31. The van der Waals surface area contributed by atoms with E-state index in [2.05, 4.69) is 15.9 Å². The molecule has 1 aromatic rings. The molecule has 1 aromatic heterocycles. The zero-order valence-electron chi connectivity index (χ0n) is 9.41. The van der Waals surface area contributed by atoms with Crippen LogP contribution in [0.25, 0.3) is 0 Å². The molecule has 9 heteroatoms. The van der Waals surface area contributed by atoms with Crippen molar-refractivity contribution in [3.05, 3.63) is 15.9 Å². The van der Waals surface area contributed by atoms with Gasteiger partial charge in [-0.3, -0.25) is 0 Å². The molecule has 0 saturated carbocycles. The monoisotopic (exact) mass is 376 g/mol. The summed E-state index contributed by atoms with van der Waals surface area (Å²) in [5.41, 5.74) is 5.50. The van der Waals surface area contributed by atoms with Crippen molar-refractivity contribution in [1.82, 2.24) is 4.31 Å². The fraction of sp³-hybridized carbons (Fsp3) is 0.556. The van der Waals surface area contributed by atoms with Crippen LogP contribution in [-0.4, -0.2) is 45.1 Å². The number of morpholine rings is 1. The fourth-order valence-corrected chi connectivity index (χ4v) is 5.54. The Kier molecular flexibility index (Phi) is 6.04. The Labute approximate surface area is 125 Å². The average molecular weight is 378 g/mol. The molecule has 0 spiro atoms. The number of hydrogen-bond acceptors (Lipinski definition) is 5. The SMILES string of the molecule is Cl.NCC1CN(S(=O)(=O)c2sccc2Br)CCO1. The Hall–Kier alpha value is 0.300. The summed E-state index contributed by atoms with van der Waals surface area (Å²) in [6.07, 6.45) is -0.211. The van der Waals surface area contributed by atoms with E-state index in [9.17, 15) is 8.42 Å². The van der Waals surface area contributed by atoms with Gasteiger partial charge < -0.3 is 10.5 Å². The molecule has 18 heavy (non-hydrogen) atoms. The van der Waals surface area contributed by atoms with E-state index in [0.29, 0.717) is 34.9 Å². The normalized spacial score (nSPS) is 21.6. The first-order valence-corrected chi connectivity index (χ1v) is 8.22. The number of sulfonamides is 1. The van der Waals surface area contributed by atoms with Crippen LogP contribution in [0.1, 0.15) is 0 Å². The molecule has 104 valence electrons. The third-order valence-corrected chi connectivity index (χ3v) is 7.04. The third kappa shape index (κ3) is 3.24. The van der Waals surface area contributed by atoms with Gasteiger partial charge in [0, 0.05) is 24.1 Å². The van der Waals surface area contributed by atoms with Crippen LogP contribution in [0.3, 0.4) is 0 Å². The van der Waals surface area contributed by atoms with E-state index in [1.54, 1.807) is 11.4 Å². The zero-order chi connectivity index (χ0) is 12.5. The highest BCUT2D eigenvalue weighted by Crippen LogP contribution is 2.30. The summed E-state index contributed by atoms with van der Waals surface area (Å²) in [5, 5.41) is 1.75. The van der Waals surface area contributed by atoms with Crippen molar-refractivity contribution in [2.24, 2.45) is 5.73 Å². The highest BCUT2D eigenvalue weighted by molar-refractivity contribution is 9.10. The summed E-state index contributed by atoms with van der Waals surface area (Å²) in [6, 6.07) is 1.73. The first-order chi connectivity index (χ1) is 8.05. The van der Waals surface area contributed by atoms with Crippen LogP contribution in [0.5, 0.6) is 0 Å². The molecule has 1 atom stereocenters. The topological polar surface area (TPSA) is 72.6 Å². The first kappa shape index (κ1) is 16.4. The summed E-state index contributed by atoms with van der Waals surface area (Å²) < 4.78 is 32.4. The second-order valence-electron chi connectivity index (χ2n) is 3.65. The van der Waals surface area contributed by atoms with E-state index < -0.39 is 10.0 Å². The average Bonchev–Trinajstić information content (AvgIpc) is 2.76. The van der Waals surface area contributed by atoms with Crippen molar-refractivity contribution >= 4 is 49.7 Å². The zero-order valence-corrected chi connectivity index (χ0v) is 13.4. The highest BCUT2D eigenvalue weighted by atomic mass is 79.9. The van der Waals surface area contributed by atoms with E-state index in [1.165, 1.54) is 15.6 Å². The van der Waals surface area contributed by atoms with E-state index in [0.717, 1.165) is 0 Å². The van der Waals surface area contributed by atoms with Crippen LogP contribution >= 0.6 is 39.7 Å². The van der Waals surface area contributed by atoms with E-state index in [1.807, 2.05) is 0 Å². The van der Waals surface area contributed by atoms with Crippen LogP contribution in [0.4, 0.5) is 0 Å². The Bertz CT molecular complexity index is 494. The molecule has 0 amide bonds. The molecule has 1 aliphatic heterocycles. The minimum atomic E-state index is -3.42. The van der Waals surface area contributed by atoms with Crippen molar-refractivity contribution in [2.45, 2.75) is 10.3 Å². The van der Waals surface area contributed by atoms with Crippen molar-refractivity contribution < 1.29 is 13.2 Å². The summed E-state index contributed by atoms with van der Waals surface area (Å²) in [4.78, 5) is 0. The minimum absolute atomic E-state index is 0. The number of halogens is 2. The fourth-order valence-electron chi connectivity index (χ4n) is 1.63. The van der Waals surface area contributed by atoms with Gasteiger partial charge in [0.05, 0.1) is 12.7 Å². The largest absolute Gasteiger partial charge is 0.374 e. The number of hydrogen-bond donors (Lipinski definition) is 1. The van der Waals surface area contributed by atoms with Gasteiger partial charge in [0.15, 0.2) is 0 Å². The van der Waals surface area contributed by atoms with Gasteiger partial charge in [-0.25, -0.2) is 8.42 Å². The molecule has 1 aliphatic rings. The molecule has 2 rings (SSSR count). The molecular weight excluding hydrogens is 364 g/mol. The van der Waals surface area contributed by atoms with E-state index in [4.69, 9.17) is 10.5 Å². The lowest BCUT2D eigenvalue weighted by molar-refractivity contribution is 0.00455. The summed E-state index contributed by atoms with van der Waals surface area (Å²) in [6.45, 7) is 1.42. The first-order valence-electron chi connectivity index (χ1n) is 5.10. The van der Waals surface area contributed by atoms with Gasteiger partial charge in [-0.15, -0.1) is 23.7 Å². The molecule has 1 unspecified atom stereocenters. The van der Waals surface area contributed by atoms with Crippen molar-refractivity contribution in [2.75, 3.05) is 26.2 Å². The Morgan fingerprint density at radius 3 is 2.89 bits per heavy atom. The molecule has 2 heterocycles. The summed E-state index contributed by atoms with van der Waals surface area (Å²) in [5.74, 6) is 0. The molecule has 5 nitrogen and oxygen atoms in total. The number of nitrogens with zero attached hydrogens (tertiary/aromatic N) is 1. The quantitative estimate of drug-likeness (QED) is 0.861. The molecule has 0 aromatic carbocycles. The smallest absolute Gasteiger partial charge is 0.253 e. The second-order valence-corrected chi connectivity index (χ2v) is 7.55. The molecule has 0 bridgehead atoms. The minimum Gasteiger partial charge on any atom is -0.374 e. The van der Waals surface area contributed by atoms with Gasteiger partial charge in [0.1, 0.15) is 4.21 Å². The maximum atomic E-state index is 12.3. The van der Waals surface area contributed by atoms with Gasteiger partial charge >= 0.3 is 0 Å². The molecule has 1 fully saturated rings. The van der Waals surface area contributed by atoms with Gasteiger partial charge in [0.2, 0.25) is 0 Å². The Morgan fingerprint density at radius 2 is 2.33 bits per heavy atom. The van der Waals surface area contributed by atoms with Gasteiger partial charge in [-0.2, -0.15) is 4.31 Å². The predicted molar refractivity (Wildman–Crippen MR) is 76.8 cm³/mol. The molecular formula is C9H14BrClN2O3S2. The van der Waals surface area contributed by atoms with E-state index in [-0.39, 0.29) is 18.5 Å². The number of rotatable bonds is 3. The van der Waals surface area contributed by atoms with Crippen LogP contribution in [-0.2, 0) is 14.8 Å². The standard InChI is InChI=1S/C9H13BrN2O3S2.ClH/c10-8-1-4-16-9(8)17(13,14)12-2-3-15-7(5-11)6-12;/h1,4,7H,2-3,5-6,11H2;1H. The van der Waals surface area contributed by atoms with Gasteiger partial charge in [-0.1, -0.05) is 0 Å². The summed E-state index contributed by atoms with van der Waals surface area (Å²) >= 11 is 4.46. The second kappa shape index (κ2) is 6.65. The predicted octanol–water partition coefficient (Wildman–Crippen LogP) is 1.28. The van der Waals surface area contributed by atoms with Crippen LogP contribution in [0.2, 0.25) is 0 Å². The van der Waals surface area contributed by atoms with Crippen molar-refractivity contribution in [3.63, 3.8) is 0 Å². The lowest BCUT2D eigenvalue weighted by atomic mass is 10.3. The van der Waals surface area contributed by atoms with Crippen LogP contribution < -0.4 is 5.73 Å². The highest BCUT2D eigenvalue weighted by Gasteiger charge is 2.32.